The molecule has 7 heteroatoms. The summed E-state index contributed by atoms with van der Waals surface area (Å²) in [7, 11) is 1.55. The lowest BCUT2D eigenvalue weighted by Crippen LogP contribution is -2.46. The largest absolute Gasteiger partial charge is 0.497 e. The monoisotopic (exact) mass is 355 g/mol. The second-order valence-corrected chi connectivity index (χ2v) is 5.73. The van der Waals surface area contributed by atoms with Gasteiger partial charge in [0.05, 0.1) is 12.1 Å². The number of carbonyl (C=O) groups excluding carboxylic acids is 1. The number of nitriles is 1. The minimum atomic E-state index is -0.613. The van der Waals surface area contributed by atoms with Gasteiger partial charge in [-0.3, -0.25) is 4.79 Å². The van der Waals surface area contributed by atoms with E-state index in [1.165, 1.54) is 12.1 Å². The molecule has 0 aliphatic carbocycles. The van der Waals surface area contributed by atoms with E-state index in [2.05, 4.69) is 17.9 Å². The van der Waals surface area contributed by atoms with Crippen molar-refractivity contribution in [2.75, 3.05) is 12.0 Å². The SMILES string of the molecule is COc1cccc(C2NC(=O)C(C#N)=C(S)N2c2ccc(F)cc2)c1. The highest BCUT2D eigenvalue weighted by Crippen LogP contribution is 2.36. The lowest BCUT2D eigenvalue weighted by Gasteiger charge is -2.38. The molecule has 5 nitrogen and oxygen atoms in total. The van der Waals surface area contributed by atoms with Crippen molar-refractivity contribution in [3.05, 3.63) is 70.5 Å². The number of methoxy groups -OCH3 is 1. The van der Waals surface area contributed by atoms with Crippen LogP contribution in [0.5, 0.6) is 5.75 Å². The fourth-order valence-corrected chi connectivity index (χ4v) is 3.01. The van der Waals surface area contributed by atoms with Crippen LogP contribution < -0.4 is 15.0 Å². The van der Waals surface area contributed by atoms with Crippen molar-refractivity contribution >= 4 is 24.2 Å². The van der Waals surface area contributed by atoms with Crippen molar-refractivity contribution in [2.24, 2.45) is 0 Å². The first-order valence-corrected chi connectivity index (χ1v) is 7.83. The number of ether oxygens (including phenoxy) is 1. The van der Waals surface area contributed by atoms with Crippen LogP contribution in [-0.4, -0.2) is 13.0 Å². The van der Waals surface area contributed by atoms with Crippen LogP contribution >= 0.6 is 12.6 Å². The normalized spacial score (nSPS) is 17.1. The van der Waals surface area contributed by atoms with E-state index in [0.29, 0.717) is 11.4 Å². The van der Waals surface area contributed by atoms with Crippen LogP contribution in [0.4, 0.5) is 10.1 Å². The molecule has 0 spiro atoms. The first-order chi connectivity index (χ1) is 12.0. The van der Waals surface area contributed by atoms with Crippen molar-refractivity contribution < 1.29 is 13.9 Å². The van der Waals surface area contributed by atoms with Crippen LogP contribution in [0.3, 0.4) is 0 Å². The molecule has 0 fully saturated rings. The third-order valence-electron chi connectivity index (χ3n) is 3.83. The smallest absolute Gasteiger partial charge is 0.266 e. The van der Waals surface area contributed by atoms with Crippen LogP contribution in [0.15, 0.2) is 59.1 Å². The predicted octanol–water partition coefficient (Wildman–Crippen LogP) is 3.13. The van der Waals surface area contributed by atoms with Crippen molar-refractivity contribution in [3.63, 3.8) is 0 Å². The van der Waals surface area contributed by atoms with Gasteiger partial charge in [-0.25, -0.2) is 4.39 Å². The molecule has 1 aliphatic rings. The van der Waals surface area contributed by atoms with Crippen LogP contribution in [0.2, 0.25) is 0 Å². The molecule has 2 aromatic rings. The van der Waals surface area contributed by atoms with E-state index in [1.807, 2.05) is 12.1 Å². The second-order valence-electron chi connectivity index (χ2n) is 5.31. The third kappa shape index (κ3) is 3.16. The maximum atomic E-state index is 13.3. The van der Waals surface area contributed by atoms with Gasteiger partial charge < -0.3 is 15.0 Å². The minimum Gasteiger partial charge on any atom is -0.497 e. The Bertz CT molecular complexity index is 890. The Hall–Kier alpha value is -2.98. The molecule has 1 heterocycles. The Kier molecular flexibility index (Phi) is 4.63. The number of amides is 1. The summed E-state index contributed by atoms with van der Waals surface area (Å²) in [6, 6.07) is 14.8. The molecule has 1 atom stereocenters. The molecule has 0 saturated carbocycles. The zero-order valence-corrected chi connectivity index (χ0v) is 14.1. The fraction of sp³-hybridized carbons (Fsp3) is 0.111. The van der Waals surface area contributed by atoms with E-state index in [1.54, 1.807) is 42.3 Å². The van der Waals surface area contributed by atoms with Gasteiger partial charge >= 0.3 is 0 Å². The van der Waals surface area contributed by atoms with E-state index in [-0.39, 0.29) is 16.4 Å². The molecule has 1 amide bonds. The second kappa shape index (κ2) is 6.87. The van der Waals surface area contributed by atoms with Gasteiger partial charge in [0.2, 0.25) is 0 Å². The molecule has 0 bridgehead atoms. The zero-order chi connectivity index (χ0) is 18.0. The summed E-state index contributed by atoms with van der Waals surface area (Å²) in [4.78, 5) is 13.9. The Balaban J connectivity index is 2.15. The number of nitrogens with one attached hydrogen (secondary N) is 1. The van der Waals surface area contributed by atoms with Gasteiger partial charge in [0.1, 0.15) is 29.4 Å². The van der Waals surface area contributed by atoms with Crippen molar-refractivity contribution in [3.8, 4) is 11.8 Å². The minimum absolute atomic E-state index is 0.105. The van der Waals surface area contributed by atoms with E-state index in [9.17, 15) is 14.4 Å². The van der Waals surface area contributed by atoms with Gasteiger partial charge in [-0.05, 0) is 42.0 Å². The molecule has 1 unspecified atom stereocenters. The Morgan fingerprint density at radius 3 is 2.64 bits per heavy atom. The number of hydrogen-bond acceptors (Lipinski definition) is 5. The van der Waals surface area contributed by atoms with Gasteiger partial charge in [-0.15, -0.1) is 12.6 Å². The van der Waals surface area contributed by atoms with E-state index >= 15 is 0 Å². The van der Waals surface area contributed by atoms with E-state index in [0.717, 1.165) is 5.56 Å². The third-order valence-corrected chi connectivity index (χ3v) is 4.27. The van der Waals surface area contributed by atoms with Gasteiger partial charge in [0.25, 0.3) is 5.91 Å². The number of carbonyl (C=O) groups is 1. The molecule has 0 aromatic heterocycles. The predicted molar refractivity (Wildman–Crippen MR) is 94.4 cm³/mol. The van der Waals surface area contributed by atoms with Crippen molar-refractivity contribution in [2.45, 2.75) is 6.17 Å². The summed E-state index contributed by atoms with van der Waals surface area (Å²) in [5.41, 5.74) is 1.22. The number of anilines is 1. The summed E-state index contributed by atoms with van der Waals surface area (Å²) in [5.74, 6) is -0.270. The molecular formula is C18H14FN3O2S. The summed E-state index contributed by atoms with van der Waals surface area (Å²) < 4.78 is 18.5. The summed E-state index contributed by atoms with van der Waals surface area (Å²) in [5, 5.41) is 12.2. The Labute approximate surface area is 149 Å². The van der Waals surface area contributed by atoms with Gasteiger partial charge in [-0.2, -0.15) is 5.26 Å². The van der Waals surface area contributed by atoms with Crippen LogP contribution in [0.25, 0.3) is 0 Å². The standard InChI is InChI=1S/C18H14FN3O2S/c1-24-14-4-2-3-11(9-14)16-21-17(23)15(10-20)18(25)22(16)13-7-5-12(19)6-8-13/h2-9,16,25H,1H3,(H,21,23). The molecule has 2 aromatic carbocycles. The molecule has 3 rings (SSSR count). The van der Waals surface area contributed by atoms with Crippen LogP contribution in [-0.2, 0) is 4.79 Å². The number of nitrogens with zero attached hydrogens (tertiary/aromatic N) is 2. The molecule has 0 saturated heterocycles. The maximum Gasteiger partial charge on any atom is 0.266 e. The maximum absolute atomic E-state index is 13.3. The van der Waals surface area contributed by atoms with Crippen LogP contribution in [0, 0.1) is 17.1 Å². The lowest BCUT2D eigenvalue weighted by atomic mass is 10.1. The highest BCUT2D eigenvalue weighted by molar-refractivity contribution is 7.84. The molecule has 1 N–H and O–H groups in total. The fourth-order valence-electron chi connectivity index (χ4n) is 2.62. The van der Waals surface area contributed by atoms with E-state index in [4.69, 9.17) is 4.74 Å². The zero-order valence-electron chi connectivity index (χ0n) is 13.2. The van der Waals surface area contributed by atoms with Gasteiger partial charge in [-0.1, -0.05) is 12.1 Å². The highest BCUT2D eigenvalue weighted by atomic mass is 32.1. The first-order valence-electron chi connectivity index (χ1n) is 7.38. The van der Waals surface area contributed by atoms with Gasteiger partial charge in [0.15, 0.2) is 0 Å². The number of rotatable bonds is 3. The summed E-state index contributed by atoms with van der Waals surface area (Å²) in [6.45, 7) is 0. The van der Waals surface area contributed by atoms with E-state index < -0.39 is 12.1 Å². The number of thiol groups is 1. The Morgan fingerprint density at radius 1 is 1.28 bits per heavy atom. The number of benzene rings is 2. The number of hydrogen-bond donors (Lipinski definition) is 2. The summed E-state index contributed by atoms with van der Waals surface area (Å²) >= 11 is 4.38. The molecular weight excluding hydrogens is 341 g/mol. The average molecular weight is 355 g/mol. The topological polar surface area (TPSA) is 65.4 Å². The first kappa shape index (κ1) is 16.9. The molecule has 25 heavy (non-hydrogen) atoms. The van der Waals surface area contributed by atoms with Crippen molar-refractivity contribution in [1.82, 2.24) is 5.32 Å². The summed E-state index contributed by atoms with van der Waals surface area (Å²) in [6.07, 6.45) is -0.613. The molecule has 126 valence electrons. The average Bonchev–Trinajstić information content (AvgIpc) is 2.63. The Morgan fingerprint density at radius 2 is 2.00 bits per heavy atom. The van der Waals surface area contributed by atoms with Crippen LogP contribution in [0.1, 0.15) is 11.7 Å². The molecule has 0 radical (unpaired) electrons. The number of halogens is 1. The molecule has 1 aliphatic heterocycles. The lowest BCUT2D eigenvalue weighted by molar-refractivity contribution is -0.118. The quantitative estimate of drug-likeness (QED) is 0.831. The van der Waals surface area contributed by atoms with Crippen molar-refractivity contribution in [1.29, 1.82) is 5.26 Å². The van der Waals surface area contributed by atoms with Gasteiger partial charge in [0, 0.05) is 5.69 Å². The highest BCUT2D eigenvalue weighted by Gasteiger charge is 2.34.